The maximum atomic E-state index is 13.3. The molecule has 1 aliphatic heterocycles. The third-order valence-corrected chi connectivity index (χ3v) is 6.09. The van der Waals surface area contributed by atoms with Gasteiger partial charge in [0.2, 0.25) is 5.91 Å². The lowest BCUT2D eigenvalue weighted by Crippen LogP contribution is -2.48. The van der Waals surface area contributed by atoms with Gasteiger partial charge in [0.15, 0.2) is 5.78 Å². The number of aryl methyl sites for hydroxylation is 1. The topological polar surface area (TPSA) is 85.0 Å². The molecule has 0 aliphatic carbocycles. The molecule has 0 aromatic heterocycles. The third kappa shape index (κ3) is 6.42. The quantitative estimate of drug-likeness (QED) is 0.391. The van der Waals surface area contributed by atoms with Crippen molar-refractivity contribution in [1.82, 2.24) is 20.7 Å². The molecule has 0 bridgehead atoms. The molecule has 0 radical (unpaired) electrons. The minimum absolute atomic E-state index is 0.0215. The van der Waals surface area contributed by atoms with Crippen LogP contribution in [-0.4, -0.2) is 67.4 Å². The number of hydrazine groups is 1. The van der Waals surface area contributed by atoms with Gasteiger partial charge >= 0.3 is 0 Å². The number of hydrogen-bond acceptors (Lipinski definition) is 6. The highest BCUT2D eigenvalue weighted by Crippen LogP contribution is 2.25. The Morgan fingerprint density at radius 3 is 2.26 bits per heavy atom. The molecule has 182 valence electrons. The molecule has 2 aromatic rings. The Kier molecular flexibility index (Phi) is 8.79. The van der Waals surface area contributed by atoms with Crippen molar-refractivity contribution in [3.05, 3.63) is 64.7 Å². The average molecular weight is 466 g/mol. The van der Waals surface area contributed by atoms with Crippen LogP contribution in [0.5, 0.6) is 0 Å². The van der Waals surface area contributed by atoms with Gasteiger partial charge in [0.1, 0.15) is 0 Å². The van der Waals surface area contributed by atoms with Gasteiger partial charge in [-0.1, -0.05) is 31.2 Å². The normalized spacial score (nSPS) is 12.8. The van der Waals surface area contributed by atoms with Crippen molar-refractivity contribution in [2.75, 3.05) is 44.7 Å². The first-order chi connectivity index (χ1) is 16.3. The van der Waals surface area contributed by atoms with Crippen LogP contribution < -0.4 is 15.5 Å². The SMILES string of the molecule is CCNCCNC(=O)CN(CC(=O)N(C)N1Cc2ccccc2C1)c1ccc(C(C)=O)cc1C. The number of Topliss-reactive ketones (excluding diaryl/α,β-unsaturated/α-hetero) is 1. The van der Waals surface area contributed by atoms with E-state index in [4.69, 9.17) is 0 Å². The predicted molar refractivity (Wildman–Crippen MR) is 133 cm³/mol. The number of carbonyl (C=O) groups excluding carboxylic acids is 3. The first-order valence-corrected chi connectivity index (χ1v) is 11.7. The summed E-state index contributed by atoms with van der Waals surface area (Å²) >= 11 is 0. The zero-order valence-electron chi connectivity index (χ0n) is 20.6. The zero-order chi connectivity index (χ0) is 24.7. The maximum Gasteiger partial charge on any atom is 0.256 e. The van der Waals surface area contributed by atoms with Crippen LogP contribution in [0.25, 0.3) is 0 Å². The van der Waals surface area contributed by atoms with Gasteiger partial charge in [-0.25, -0.2) is 5.01 Å². The molecule has 8 heteroatoms. The van der Waals surface area contributed by atoms with E-state index in [1.807, 2.05) is 37.1 Å². The average Bonchev–Trinajstić information content (AvgIpc) is 3.25. The van der Waals surface area contributed by atoms with Gasteiger partial charge in [-0.2, -0.15) is 0 Å². The summed E-state index contributed by atoms with van der Waals surface area (Å²) in [4.78, 5) is 39.5. The Hall–Kier alpha value is -3.23. The first kappa shape index (κ1) is 25.4. The van der Waals surface area contributed by atoms with Crippen LogP contribution in [0.15, 0.2) is 42.5 Å². The van der Waals surface area contributed by atoms with Crippen molar-refractivity contribution in [2.24, 2.45) is 0 Å². The van der Waals surface area contributed by atoms with Gasteiger partial charge < -0.3 is 15.5 Å². The number of fused-ring (bicyclic) bond motifs is 1. The zero-order valence-corrected chi connectivity index (χ0v) is 20.6. The second kappa shape index (κ2) is 11.8. The van der Waals surface area contributed by atoms with Gasteiger partial charge in [-0.05, 0) is 55.3 Å². The Morgan fingerprint density at radius 1 is 1.00 bits per heavy atom. The molecule has 2 aromatic carbocycles. The monoisotopic (exact) mass is 465 g/mol. The van der Waals surface area contributed by atoms with Crippen molar-refractivity contribution in [3.8, 4) is 0 Å². The molecular weight excluding hydrogens is 430 g/mol. The molecule has 0 spiro atoms. The molecule has 0 fully saturated rings. The molecular formula is C26H35N5O3. The van der Waals surface area contributed by atoms with Crippen molar-refractivity contribution in [1.29, 1.82) is 0 Å². The summed E-state index contributed by atoms with van der Waals surface area (Å²) in [6, 6.07) is 13.5. The summed E-state index contributed by atoms with van der Waals surface area (Å²) in [5.41, 5.74) is 4.65. The van der Waals surface area contributed by atoms with Gasteiger partial charge in [0.05, 0.1) is 13.1 Å². The Morgan fingerprint density at radius 2 is 1.68 bits per heavy atom. The summed E-state index contributed by atoms with van der Waals surface area (Å²) < 4.78 is 0. The number of ketones is 1. The van der Waals surface area contributed by atoms with Gasteiger partial charge in [0, 0.05) is 44.5 Å². The molecule has 0 saturated carbocycles. The van der Waals surface area contributed by atoms with E-state index in [0.717, 1.165) is 17.8 Å². The highest BCUT2D eigenvalue weighted by atomic mass is 16.2. The van der Waals surface area contributed by atoms with Crippen LogP contribution in [0.1, 0.15) is 40.9 Å². The van der Waals surface area contributed by atoms with E-state index >= 15 is 0 Å². The van der Waals surface area contributed by atoms with Crippen LogP contribution >= 0.6 is 0 Å². The minimum Gasteiger partial charge on any atom is -0.353 e. The smallest absolute Gasteiger partial charge is 0.256 e. The van der Waals surface area contributed by atoms with Gasteiger partial charge in [0.25, 0.3) is 5.91 Å². The number of rotatable bonds is 11. The summed E-state index contributed by atoms with van der Waals surface area (Å²) in [7, 11) is 1.77. The van der Waals surface area contributed by atoms with E-state index in [1.165, 1.54) is 18.1 Å². The van der Waals surface area contributed by atoms with Gasteiger partial charge in [-0.15, -0.1) is 0 Å². The lowest BCUT2D eigenvalue weighted by Gasteiger charge is -2.32. The lowest BCUT2D eigenvalue weighted by atomic mass is 10.1. The second-order valence-electron chi connectivity index (χ2n) is 8.63. The molecule has 2 N–H and O–H groups in total. The fourth-order valence-corrected chi connectivity index (χ4v) is 4.10. The molecule has 1 heterocycles. The van der Waals surface area contributed by atoms with Crippen molar-refractivity contribution >= 4 is 23.3 Å². The molecule has 0 unspecified atom stereocenters. The summed E-state index contributed by atoms with van der Waals surface area (Å²) in [6.07, 6.45) is 0. The Labute approximate surface area is 201 Å². The van der Waals surface area contributed by atoms with Crippen molar-refractivity contribution in [2.45, 2.75) is 33.9 Å². The fourth-order valence-electron chi connectivity index (χ4n) is 4.10. The molecule has 0 atom stereocenters. The van der Waals surface area contributed by atoms with E-state index in [2.05, 4.69) is 22.8 Å². The molecule has 34 heavy (non-hydrogen) atoms. The first-order valence-electron chi connectivity index (χ1n) is 11.7. The number of benzene rings is 2. The predicted octanol–water partition coefficient (Wildman–Crippen LogP) is 2.12. The fraction of sp³-hybridized carbons (Fsp3) is 0.423. The van der Waals surface area contributed by atoms with Crippen LogP contribution in [0.3, 0.4) is 0 Å². The number of carbonyl (C=O) groups is 3. The second-order valence-corrected chi connectivity index (χ2v) is 8.63. The number of likely N-dealkylation sites (N-methyl/N-ethyl adjacent to an activating group) is 2. The van der Waals surface area contributed by atoms with E-state index in [1.54, 1.807) is 29.1 Å². The number of anilines is 1. The largest absolute Gasteiger partial charge is 0.353 e. The molecule has 8 nitrogen and oxygen atoms in total. The van der Waals surface area contributed by atoms with Crippen molar-refractivity contribution < 1.29 is 14.4 Å². The van der Waals surface area contributed by atoms with Crippen LogP contribution in [0.4, 0.5) is 5.69 Å². The number of nitrogens with one attached hydrogen (secondary N) is 2. The minimum atomic E-state index is -0.156. The molecule has 0 saturated heterocycles. The van der Waals surface area contributed by atoms with Crippen molar-refractivity contribution in [3.63, 3.8) is 0 Å². The van der Waals surface area contributed by atoms with E-state index in [0.29, 0.717) is 31.7 Å². The Bertz CT molecular complexity index is 1010. The molecule has 2 amide bonds. The summed E-state index contributed by atoms with van der Waals surface area (Å²) in [5.74, 6) is -0.285. The highest BCUT2D eigenvalue weighted by Gasteiger charge is 2.27. The number of amides is 2. The van der Waals surface area contributed by atoms with Crippen LogP contribution in [-0.2, 0) is 22.7 Å². The Balaban J connectivity index is 1.73. The molecule has 3 rings (SSSR count). The number of hydrogen-bond donors (Lipinski definition) is 2. The standard InChI is InChI=1S/C26H35N5O3/c1-5-27-12-13-28-25(33)17-30(24-11-10-21(20(3)32)14-19(24)2)18-26(34)29(4)31-15-22-8-6-7-9-23(22)16-31/h6-11,14,27H,5,12-13,15-18H2,1-4H3,(H,28,33). The van der Waals surface area contributed by atoms with Crippen LogP contribution in [0, 0.1) is 6.92 Å². The van der Waals surface area contributed by atoms with E-state index < -0.39 is 0 Å². The number of nitrogens with zero attached hydrogens (tertiary/aromatic N) is 3. The maximum absolute atomic E-state index is 13.3. The lowest BCUT2D eigenvalue weighted by molar-refractivity contribution is -0.145. The summed E-state index contributed by atoms with van der Waals surface area (Å²) in [6.45, 7) is 8.92. The van der Waals surface area contributed by atoms with E-state index in [9.17, 15) is 14.4 Å². The van der Waals surface area contributed by atoms with Crippen LogP contribution in [0.2, 0.25) is 0 Å². The summed E-state index contributed by atoms with van der Waals surface area (Å²) in [5, 5.41) is 9.73. The van der Waals surface area contributed by atoms with Gasteiger partial charge in [-0.3, -0.25) is 19.4 Å². The third-order valence-electron chi connectivity index (χ3n) is 6.09. The molecule has 1 aliphatic rings. The van der Waals surface area contributed by atoms with E-state index in [-0.39, 0.29) is 30.7 Å². The highest BCUT2D eigenvalue weighted by molar-refractivity contribution is 5.95.